The summed E-state index contributed by atoms with van der Waals surface area (Å²) >= 11 is 3.38. The van der Waals surface area contributed by atoms with Crippen LogP contribution in [-0.4, -0.2) is 25.8 Å². The summed E-state index contributed by atoms with van der Waals surface area (Å²) in [5.74, 6) is -1.06. The lowest BCUT2D eigenvalue weighted by Crippen LogP contribution is -2.02. The van der Waals surface area contributed by atoms with Crippen molar-refractivity contribution in [3.8, 4) is 16.9 Å². The standard InChI is InChI=1S/C15H10BrN3O2/c16-11-3-5-12(6-4-11)19-14(8-13(18-19)15(20)21)10-2-1-7-17-9-10/h1-9H,(H,20,21). The highest BCUT2D eigenvalue weighted by Crippen LogP contribution is 2.24. The first-order valence-corrected chi connectivity index (χ1v) is 6.94. The maximum atomic E-state index is 11.2. The molecule has 0 unspecified atom stereocenters. The monoisotopic (exact) mass is 343 g/mol. The second-order valence-corrected chi connectivity index (χ2v) is 5.27. The molecule has 1 N–H and O–H groups in total. The van der Waals surface area contributed by atoms with Gasteiger partial charge in [0.2, 0.25) is 0 Å². The van der Waals surface area contributed by atoms with E-state index in [1.165, 1.54) is 0 Å². The fraction of sp³-hybridized carbons (Fsp3) is 0. The van der Waals surface area contributed by atoms with Crippen LogP contribution in [0.4, 0.5) is 0 Å². The number of aromatic nitrogens is 3. The number of hydrogen-bond acceptors (Lipinski definition) is 3. The van der Waals surface area contributed by atoms with Crippen molar-refractivity contribution in [1.82, 2.24) is 14.8 Å². The van der Waals surface area contributed by atoms with E-state index in [-0.39, 0.29) is 5.69 Å². The Morgan fingerprint density at radius 2 is 1.95 bits per heavy atom. The Morgan fingerprint density at radius 3 is 2.57 bits per heavy atom. The maximum absolute atomic E-state index is 11.2. The van der Waals surface area contributed by atoms with Crippen molar-refractivity contribution in [2.45, 2.75) is 0 Å². The van der Waals surface area contributed by atoms with Crippen LogP contribution in [0.3, 0.4) is 0 Å². The van der Waals surface area contributed by atoms with Gasteiger partial charge in [-0.1, -0.05) is 15.9 Å². The van der Waals surface area contributed by atoms with Gasteiger partial charge in [0, 0.05) is 22.4 Å². The zero-order valence-electron chi connectivity index (χ0n) is 10.8. The molecule has 0 spiro atoms. The van der Waals surface area contributed by atoms with Crippen LogP contribution < -0.4 is 0 Å². The normalized spacial score (nSPS) is 10.5. The Labute approximate surface area is 129 Å². The molecule has 5 nitrogen and oxygen atoms in total. The summed E-state index contributed by atoms with van der Waals surface area (Å²) in [6.45, 7) is 0. The smallest absolute Gasteiger partial charge is 0.356 e. The van der Waals surface area contributed by atoms with Gasteiger partial charge in [-0.2, -0.15) is 5.10 Å². The lowest BCUT2D eigenvalue weighted by molar-refractivity contribution is 0.0690. The molecule has 2 heterocycles. The van der Waals surface area contributed by atoms with E-state index >= 15 is 0 Å². The summed E-state index contributed by atoms with van der Waals surface area (Å²) in [5, 5.41) is 13.3. The average molecular weight is 344 g/mol. The summed E-state index contributed by atoms with van der Waals surface area (Å²) in [5.41, 5.74) is 2.27. The predicted octanol–water partition coefficient (Wildman–Crippen LogP) is 3.40. The van der Waals surface area contributed by atoms with E-state index in [0.717, 1.165) is 15.7 Å². The second kappa shape index (κ2) is 5.49. The minimum absolute atomic E-state index is 0.00299. The van der Waals surface area contributed by atoms with Crippen LogP contribution in [0.1, 0.15) is 10.5 Å². The first kappa shape index (κ1) is 13.5. The van der Waals surface area contributed by atoms with Gasteiger partial charge < -0.3 is 5.11 Å². The third-order valence-electron chi connectivity index (χ3n) is 2.96. The van der Waals surface area contributed by atoms with Crippen molar-refractivity contribution < 1.29 is 9.90 Å². The third-order valence-corrected chi connectivity index (χ3v) is 3.49. The van der Waals surface area contributed by atoms with Gasteiger partial charge >= 0.3 is 5.97 Å². The first-order valence-electron chi connectivity index (χ1n) is 6.15. The number of carboxylic acid groups (broad SMARTS) is 1. The van der Waals surface area contributed by atoms with Crippen molar-refractivity contribution in [2.24, 2.45) is 0 Å². The number of pyridine rings is 1. The van der Waals surface area contributed by atoms with Gasteiger partial charge in [-0.05, 0) is 42.5 Å². The molecule has 0 radical (unpaired) electrons. The Balaban J connectivity index is 2.19. The van der Waals surface area contributed by atoms with Gasteiger partial charge in [-0.15, -0.1) is 0 Å². The van der Waals surface area contributed by atoms with Gasteiger partial charge in [0.25, 0.3) is 0 Å². The van der Waals surface area contributed by atoms with Crippen molar-refractivity contribution in [1.29, 1.82) is 0 Å². The number of rotatable bonds is 3. The largest absolute Gasteiger partial charge is 0.476 e. The van der Waals surface area contributed by atoms with Crippen LogP contribution in [0, 0.1) is 0 Å². The Kier molecular flexibility index (Phi) is 3.53. The molecule has 21 heavy (non-hydrogen) atoms. The fourth-order valence-corrected chi connectivity index (χ4v) is 2.25. The predicted molar refractivity (Wildman–Crippen MR) is 81.5 cm³/mol. The highest BCUT2D eigenvalue weighted by Gasteiger charge is 2.15. The molecule has 3 rings (SSSR count). The highest BCUT2D eigenvalue weighted by molar-refractivity contribution is 9.10. The number of carboxylic acids is 1. The molecular weight excluding hydrogens is 334 g/mol. The number of aromatic carboxylic acids is 1. The molecule has 3 aromatic rings. The van der Waals surface area contributed by atoms with E-state index in [4.69, 9.17) is 5.11 Å². The number of halogens is 1. The molecule has 0 atom stereocenters. The first-order chi connectivity index (χ1) is 10.1. The van der Waals surface area contributed by atoms with Gasteiger partial charge in [-0.25, -0.2) is 9.48 Å². The van der Waals surface area contributed by atoms with Gasteiger partial charge in [-0.3, -0.25) is 4.98 Å². The fourth-order valence-electron chi connectivity index (χ4n) is 1.98. The zero-order valence-corrected chi connectivity index (χ0v) is 12.4. The summed E-state index contributed by atoms with van der Waals surface area (Å²) in [4.78, 5) is 15.3. The lowest BCUT2D eigenvalue weighted by Gasteiger charge is -2.07. The molecule has 0 saturated carbocycles. The van der Waals surface area contributed by atoms with Crippen LogP contribution in [0.5, 0.6) is 0 Å². The van der Waals surface area contributed by atoms with Gasteiger partial charge in [0.15, 0.2) is 5.69 Å². The minimum Gasteiger partial charge on any atom is -0.476 e. The maximum Gasteiger partial charge on any atom is 0.356 e. The average Bonchev–Trinajstić information content (AvgIpc) is 2.94. The zero-order chi connectivity index (χ0) is 14.8. The van der Waals surface area contributed by atoms with E-state index in [1.54, 1.807) is 29.2 Å². The second-order valence-electron chi connectivity index (χ2n) is 4.35. The molecule has 6 heteroatoms. The van der Waals surface area contributed by atoms with Crippen molar-refractivity contribution >= 4 is 21.9 Å². The number of hydrogen-bond donors (Lipinski definition) is 1. The summed E-state index contributed by atoms with van der Waals surface area (Å²) < 4.78 is 2.55. The van der Waals surface area contributed by atoms with Crippen molar-refractivity contribution in [3.63, 3.8) is 0 Å². The van der Waals surface area contributed by atoms with Crippen LogP contribution in [-0.2, 0) is 0 Å². The summed E-state index contributed by atoms with van der Waals surface area (Å²) in [6.07, 6.45) is 3.35. The summed E-state index contributed by atoms with van der Waals surface area (Å²) in [6, 6.07) is 12.7. The quantitative estimate of drug-likeness (QED) is 0.791. The third kappa shape index (κ3) is 2.71. The van der Waals surface area contributed by atoms with Crippen LogP contribution in [0.15, 0.2) is 59.3 Å². The number of benzene rings is 1. The van der Waals surface area contributed by atoms with Crippen LogP contribution in [0.2, 0.25) is 0 Å². The molecule has 0 amide bonds. The molecular formula is C15H10BrN3O2. The molecule has 0 aliphatic carbocycles. The van der Waals surface area contributed by atoms with E-state index in [0.29, 0.717) is 5.69 Å². The topological polar surface area (TPSA) is 68.0 Å². The van der Waals surface area contributed by atoms with Crippen LogP contribution >= 0.6 is 15.9 Å². The molecule has 0 aliphatic rings. The van der Waals surface area contributed by atoms with E-state index < -0.39 is 5.97 Å². The Bertz CT molecular complexity index is 782. The van der Waals surface area contributed by atoms with E-state index in [9.17, 15) is 4.79 Å². The lowest BCUT2D eigenvalue weighted by atomic mass is 10.2. The minimum atomic E-state index is -1.06. The van der Waals surface area contributed by atoms with Crippen molar-refractivity contribution in [2.75, 3.05) is 0 Å². The molecule has 0 fully saturated rings. The Morgan fingerprint density at radius 1 is 1.19 bits per heavy atom. The molecule has 0 saturated heterocycles. The van der Waals surface area contributed by atoms with E-state index in [2.05, 4.69) is 26.0 Å². The van der Waals surface area contributed by atoms with Crippen molar-refractivity contribution in [3.05, 3.63) is 65.0 Å². The molecule has 1 aromatic carbocycles. The molecule has 104 valence electrons. The molecule has 0 aliphatic heterocycles. The SMILES string of the molecule is O=C(O)c1cc(-c2cccnc2)n(-c2ccc(Br)cc2)n1. The van der Waals surface area contributed by atoms with Gasteiger partial charge in [0.05, 0.1) is 11.4 Å². The van der Waals surface area contributed by atoms with E-state index in [1.807, 2.05) is 30.3 Å². The van der Waals surface area contributed by atoms with Crippen LogP contribution in [0.25, 0.3) is 16.9 Å². The van der Waals surface area contributed by atoms with Gasteiger partial charge in [0.1, 0.15) is 0 Å². The summed E-state index contributed by atoms with van der Waals surface area (Å²) in [7, 11) is 0. The highest BCUT2D eigenvalue weighted by atomic mass is 79.9. The molecule has 2 aromatic heterocycles. The number of carbonyl (C=O) groups is 1. The number of nitrogens with zero attached hydrogens (tertiary/aromatic N) is 3. The molecule has 0 bridgehead atoms. The Hall–Kier alpha value is -2.47.